The highest BCUT2D eigenvalue weighted by atomic mass is 15.2. The van der Waals surface area contributed by atoms with Gasteiger partial charge in [-0.1, -0.05) is 25.3 Å². The SMILES string of the molecule is c1cnc(Nc2cccc(C3CCCN3CC3CCCCC3)n2)nc1. The fourth-order valence-electron chi connectivity index (χ4n) is 4.27. The van der Waals surface area contributed by atoms with E-state index in [9.17, 15) is 0 Å². The lowest BCUT2D eigenvalue weighted by molar-refractivity contribution is 0.186. The molecular weight excluding hydrogens is 310 g/mol. The van der Waals surface area contributed by atoms with Gasteiger partial charge >= 0.3 is 0 Å². The van der Waals surface area contributed by atoms with E-state index < -0.39 is 0 Å². The van der Waals surface area contributed by atoms with Crippen molar-refractivity contribution in [3.05, 3.63) is 42.4 Å². The van der Waals surface area contributed by atoms with Gasteiger partial charge in [0.05, 0.1) is 11.7 Å². The first kappa shape index (κ1) is 16.5. The first-order chi connectivity index (χ1) is 12.4. The number of nitrogens with one attached hydrogen (secondary N) is 1. The topological polar surface area (TPSA) is 53.9 Å². The monoisotopic (exact) mass is 337 g/mol. The van der Waals surface area contributed by atoms with E-state index in [0.717, 1.165) is 11.7 Å². The van der Waals surface area contributed by atoms with Gasteiger partial charge < -0.3 is 5.32 Å². The first-order valence-electron chi connectivity index (χ1n) is 9.63. The Bertz CT molecular complexity index is 669. The molecule has 1 N–H and O–H groups in total. The number of aromatic nitrogens is 3. The third kappa shape index (κ3) is 4.15. The van der Waals surface area contributed by atoms with Crippen LogP contribution in [0.25, 0.3) is 0 Å². The normalized spacial score (nSPS) is 22.2. The molecule has 0 aromatic carbocycles. The molecule has 4 rings (SSSR count). The number of nitrogens with zero attached hydrogens (tertiary/aromatic N) is 4. The summed E-state index contributed by atoms with van der Waals surface area (Å²) in [5.74, 6) is 2.30. The third-order valence-corrected chi connectivity index (χ3v) is 5.50. The summed E-state index contributed by atoms with van der Waals surface area (Å²) in [5, 5.41) is 3.21. The van der Waals surface area contributed by atoms with Crippen molar-refractivity contribution in [2.24, 2.45) is 5.92 Å². The van der Waals surface area contributed by atoms with E-state index in [4.69, 9.17) is 4.98 Å². The number of anilines is 2. The highest BCUT2D eigenvalue weighted by molar-refractivity contribution is 5.47. The molecule has 1 aliphatic carbocycles. The second kappa shape index (κ2) is 7.91. The van der Waals surface area contributed by atoms with Crippen LogP contribution in [0.1, 0.15) is 56.7 Å². The molecule has 1 saturated carbocycles. The standard InChI is InChI=1S/C20H27N5/c1-2-7-16(8-3-1)15-25-14-5-10-18(25)17-9-4-11-19(23-17)24-20-21-12-6-13-22-20/h4,6,9,11-13,16,18H,1-3,5,7-8,10,14-15H2,(H,21,22,23,24). The first-order valence-corrected chi connectivity index (χ1v) is 9.63. The van der Waals surface area contributed by atoms with Gasteiger partial charge in [-0.3, -0.25) is 4.90 Å². The zero-order chi connectivity index (χ0) is 16.9. The van der Waals surface area contributed by atoms with Crippen molar-refractivity contribution in [3.8, 4) is 0 Å². The van der Waals surface area contributed by atoms with Gasteiger partial charge in [0.1, 0.15) is 5.82 Å². The van der Waals surface area contributed by atoms with Crippen LogP contribution in [0.4, 0.5) is 11.8 Å². The number of pyridine rings is 1. The van der Waals surface area contributed by atoms with Gasteiger partial charge in [-0.05, 0) is 56.3 Å². The van der Waals surface area contributed by atoms with Crippen molar-refractivity contribution in [3.63, 3.8) is 0 Å². The average Bonchev–Trinajstić information content (AvgIpc) is 3.12. The molecule has 2 aliphatic rings. The van der Waals surface area contributed by atoms with Crippen LogP contribution >= 0.6 is 0 Å². The summed E-state index contributed by atoms with van der Waals surface area (Å²) in [6.45, 7) is 2.45. The quantitative estimate of drug-likeness (QED) is 0.880. The second-order valence-corrected chi connectivity index (χ2v) is 7.30. The fourth-order valence-corrected chi connectivity index (χ4v) is 4.27. The van der Waals surface area contributed by atoms with Crippen molar-refractivity contribution < 1.29 is 0 Å². The zero-order valence-corrected chi connectivity index (χ0v) is 14.8. The number of hydrogen-bond donors (Lipinski definition) is 1. The van der Waals surface area contributed by atoms with E-state index in [1.165, 1.54) is 63.7 Å². The van der Waals surface area contributed by atoms with Crippen molar-refractivity contribution in [1.29, 1.82) is 0 Å². The van der Waals surface area contributed by atoms with E-state index in [2.05, 4.69) is 32.3 Å². The highest BCUT2D eigenvalue weighted by Gasteiger charge is 2.29. The Balaban J connectivity index is 1.45. The highest BCUT2D eigenvalue weighted by Crippen LogP contribution is 2.34. The fraction of sp³-hybridized carbons (Fsp3) is 0.550. The van der Waals surface area contributed by atoms with Crippen LogP contribution in [0.15, 0.2) is 36.7 Å². The summed E-state index contributed by atoms with van der Waals surface area (Å²) in [4.78, 5) is 16.0. The molecule has 5 nitrogen and oxygen atoms in total. The molecule has 3 heterocycles. The van der Waals surface area contributed by atoms with E-state index in [-0.39, 0.29) is 0 Å². The van der Waals surface area contributed by atoms with Gasteiger partial charge in [-0.15, -0.1) is 0 Å². The van der Waals surface area contributed by atoms with E-state index in [1.54, 1.807) is 12.4 Å². The second-order valence-electron chi connectivity index (χ2n) is 7.30. The molecule has 25 heavy (non-hydrogen) atoms. The van der Waals surface area contributed by atoms with Crippen molar-refractivity contribution in [1.82, 2.24) is 19.9 Å². The lowest BCUT2D eigenvalue weighted by atomic mass is 9.88. The summed E-state index contributed by atoms with van der Waals surface area (Å²) in [6.07, 6.45) is 13.0. The van der Waals surface area contributed by atoms with E-state index >= 15 is 0 Å². The summed E-state index contributed by atoms with van der Waals surface area (Å²) in [7, 11) is 0. The Kier molecular flexibility index (Phi) is 5.21. The van der Waals surface area contributed by atoms with E-state index in [1.807, 2.05) is 12.1 Å². The Hall–Kier alpha value is -2.01. The van der Waals surface area contributed by atoms with Gasteiger partial charge in [0, 0.05) is 18.9 Å². The van der Waals surface area contributed by atoms with Crippen molar-refractivity contribution in [2.75, 3.05) is 18.4 Å². The van der Waals surface area contributed by atoms with Crippen LogP contribution in [-0.2, 0) is 0 Å². The molecule has 1 saturated heterocycles. The Morgan fingerprint density at radius 2 is 1.80 bits per heavy atom. The molecule has 2 fully saturated rings. The molecule has 0 bridgehead atoms. The Labute approximate surface area is 149 Å². The van der Waals surface area contributed by atoms with Crippen LogP contribution in [0, 0.1) is 5.92 Å². The Morgan fingerprint density at radius 3 is 2.64 bits per heavy atom. The molecule has 132 valence electrons. The molecule has 1 atom stereocenters. The minimum atomic E-state index is 0.459. The largest absolute Gasteiger partial charge is 0.309 e. The summed E-state index contributed by atoms with van der Waals surface area (Å²) < 4.78 is 0. The predicted molar refractivity (Wildman–Crippen MR) is 99.7 cm³/mol. The van der Waals surface area contributed by atoms with Crippen LogP contribution in [0.2, 0.25) is 0 Å². The number of rotatable bonds is 5. The maximum atomic E-state index is 4.86. The maximum absolute atomic E-state index is 4.86. The lowest BCUT2D eigenvalue weighted by Gasteiger charge is -2.30. The van der Waals surface area contributed by atoms with Crippen molar-refractivity contribution in [2.45, 2.75) is 51.0 Å². The summed E-state index contributed by atoms with van der Waals surface area (Å²) >= 11 is 0. The number of hydrogen-bond acceptors (Lipinski definition) is 5. The average molecular weight is 337 g/mol. The van der Waals surface area contributed by atoms with Crippen LogP contribution < -0.4 is 5.32 Å². The predicted octanol–water partition coefficient (Wildman–Crippen LogP) is 4.33. The molecule has 0 spiro atoms. The van der Waals surface area contributed by atoms with Crippen LogP contribution in [-0.4, -0.2) is 32.9 Å². The zero-order valence-electron chi connectivity index (χ0n) is 14.8. The number of likely N-dealkylation sites (tertiary alicyclic amines) is 1. The Morgan fingerprint density at radius 1 is 0.960 bits per heavy atom. The third-order valence-electron chi connectivity index (χ3n) is 5.50. The van der Waals surface area contributed by atoms with Crippen LogP contribution in [0.3, 0.4) is 0 Å². The minimum absolute atomic E-state index is 0.459. The van der Waals surface area contributed by atoms with Gasteiger partial charge in [-0.25, -0.2) is 15.0 Å². The maximum Gasteiger partial charge on any atom is 0.228 e. The molecule has 1 aliphatic heterocycles. The summed E-state index contributed by atoms with van der Waals surface area (Å²) in [5.41, 5.74) is 1.18. The molecule has 2 aromatic rings. The molecule has 1 unspecified atom stereocenters. The minimum Gasteiger partial charge on any atom is -0.309 e. The van der Waals surface area contributed by atoms with Crippen LogP contribution in [0.5, 0.6) is 0 Å². The smallest absolute Gasteiger partial charge is 0.228 e. The van der Waals surface area contributed by atoms with E-state index in [0.29, 0.717) is 12.0 Å². The molecular formula is C20H27N5. The van der Waals surface area contributed by atoms with Gasteiger partial charge in [-0.2, -0.15) is 0 Å². The molecule has 0 amide bonds. The molecule has 5 heteroatoms. The summed E-state index contributed by atoms with van der Waals surface area (Å²) in [6, 6.07) is 8.52. The van der Waals surface area contributed by atoms with Crippen molar-refractivity contribution >= 4 is 11.8 Å². The molecule has 2 aromatic heterocycles. The van der Waals surface area contributed by atoms with Gasteiger partial charge in [0.2, 0.25) is 5.95 Å². The van der Waals surface area contributed by atoms with Gasteiger partial charge in [0.15, 0.2) is 0 Å². The lowest BCUT2D eigenvalue weighted by Crippen LogP contribution is -2.30. The van der Waals surface area contributed by atoms with Gasteiger partial charge in [0.25, 0.3) is 0 Å². The molecule has 0 radical (unpaired) electrons.